The smallest absolute Gasteiger partial charge is 0.178 e. The van der Waals surface area contributed by atoms with Gasteiger partial charge in [-0.2, -0.15) is 0 Å². The van der Waals surface area contributed by atoms with Crippen molar-refractivity contribution in [3.63, 3.8) is 0 Å². The van der Waals surface area contributed by atoms with Gasteiger partial charge in [-0.05, 0) is 43.5 Å². The summed E-state index contributed by atoms with van der Waals surface area (Å²) in [4.78, 5) is 0.263. The summed E-state index contributed by atoms with van der Waals surface area (Å²) < 4.78 is 46.8. The summed E-state index contributed by atoms with van der Waals surface area (Å²) in [5.41, 5.74) is 5.75. The van der Waals surface area contributed by atoms with Gasteiger partial charge in [0.25, 0.3) is 0 Å². The Bertz CT molecular complexity index is 633. The van der Waals surface area contributed by atoms with Gasteiger partial charge >= 0.3 is 0 Å². The van der Waals surface area contributed by atoms with Crippen LogP contribution < -0.4 is 5.73 Å². The van der Waals surface area contributed by atoms with E-state index in [0.717, 1.165) is 12.7 Å². The highest BCUT2D eigenvalue weighted by molar-refractivity contribution is 7.91. The molecule has 1 aromatic carbocycles. The quantitative estimate of drug-likeness (QED) is 0.819. The number of hydrogen-bond donors (Lipinski definition) is 1. The molecule has 0 saturated carbocycles. The first-order chi connectivity index (χ1) is 9.16. The second-order valence-electron chi connectivity index (χ2n) is 4.87. The average molecular weight is 319 g/mol. The summed E-state index contributed by atoms with van der Waals surface area (Å²) in [6, 6.07) is 5.34. The zero-order chi connectivity index (χ0) is 15.4. The third kappa shape index (κ3) is 4.88. The Balaban J connectivity index is 2.78. The lowest BCUT2D eigenvalue weighted by molar-refractivity contribution is 0.567. The second-order valence-corrected chi connectivity index (χ2v) is 9.00. The maximum Gasteiger partial charge on any atom is 0.178 e. The maximum absolute atomic E-state index is 12.1. The van der Waals surface area contributed by atoms with Gasteiger partial charge in [-0.1, -0.05) is 6.92 Å². The minimum Gasteiger partial charge on any atom is -0.328 e. The van der Waals surface area contributed by atoms with Crippen LogP contribution in [0.15, 0.2) is 34.1 Å². The largest absolute Gasteiger partial charge is 0.328 e. The molecule has 0 amide bonds. The van der Waals surface area contributed by atoms with Crippen molar-refractivity contribution in [2.45, 2.75) is 42.0 Å². The lowest BCUT2D eigenvalue weighted by Crippen LogP contribution is -2.19. The minimum atomic E-state index is -3.38. The van der Waals surface area contributed by atoms with Gasteiger partial charge in [-0.25, -0.2) is 16.8 Å². The highest BCUT2D eigenvalue weighted by Crippen LogP contribution is 2.17. The normalized spacial score (nSPS) is 14.2. The van der Waals surface area contributed by atoms with Gasteiger partial charge in [0.15, 0.2) is 19.7 Å². The molecule has 1 unspecified atom stereocenters. The fraction of sp³-hybridized carbons (Fsp3) is 0.538. The molecular weight excluding hydrogens is 298 g/mol. The molecule has 0 aliphatic rings. The summed E-state index contributed by atoms with van der Waals surface area (Å²) in [5, 5.41) is 0. The van der Waals surface area contributed by atoms with Crippen LogP contribution in [0.2, 0.25) is 0 Å². The highest BCUT2D eigenvalue weighted by atomic mass is 32.2. The first-order valence-electron chi connectivity index (χ1n) is 6.45. The molecule has 1 rings (SSSR count). The number of hydrogen-bond acceptors (Lipinski definition) is 5. The molecule has 0 aromatic heterocycles. The molecule has 0 saturated heterocycles. The molecule has 20 heavy (non-hydrogen) atoms. The third-order valence-electron chi connectivity index (χ3n) is 3.12. The summed E-state index contributed by atoms with van der Waals surface area (Å²) in [7, 11) is -6.68. The van der Waals surface area contributed by atoms with Crippen molar-refractivity contribution < 1.29 is 16.8 Å². The lowest BCUT2D eigenvalue weighted by atomic mass is 10.1. The fourth-order valence-corrected chi connectivity index (χ4v) is 3.72. The van der Waals surface area contributed by atoms with Crippen molar-refractivity contribution in [2.75, 3.05) is 12.0 Å². The minimum absolute atomic E-state index is 0.0258. The van der Waals surface area contributed by atoms with E-state index in [0.29, 0.717) is 12.8 Å². The Morgan fingerprint density at radius 1 is 1.05 bits per heavy atom. The molecule has 0 radical (unpaired) electrons. The van der Waals surface area contributed by atoms with E-state index in [-0.39, 0.29) is 21.6 Å². The van der Waals surface area contributed by atoms with E-state index < -0.39 is 19.7 Å². The van der Waals surface area contributed by atoms with Gasteiger partial charge in [0, 0.05) is 12.3 Å². The molecule has 1 atom stereocenters. The molecule has 0 fully saturated rings. The van der Waals surface area contributed by atoms with Gasteiger partial charge in [0.1, 0.15) is 0 Å². The predicted octanol–water partition coefficient (Wildman–Crippen LogP) is 1.38. The Labute approximate surface area is 121 Å². The van der Waals surface area contributed by atoms with Crippen LogP contribution >= 0.6 is 0 Å². The molecule has 0 bridgehead atoms. The summed E-state index contributed by atoms with van der Waals surface area (Å²) in [5.74, 6) is 0.0267. The topological polar surface area (TPSA) is 94.3 Å². The zero-order valence-electron chi connectivity index (χ0n) is 11.7. The van der Waals surface area contributed by atoms with Crippen molar-refractivity contribution in [3.8, 4) is 0 Å². The molecule has 0 aliphatic heterocycles. The van der Waals surface area contributed by atoms with Crippen LogP contribution in [0.4, 0.5) is 0 Å². The van der Waals surface area contributed by atoms with E-state index in [9.17, 15) is 16.8 Å². The van der Waals surface area contributed by atoms with Crippen LogP contribution in [-0.2, 0) is 19.7 Å². The number of nitrogens with two attached hydrogens (primary N) is 1. The van der Waals surface area contributed by atoms with E-state index in [1.165, 1.54) is 24.3 Å². The van der Waals surface area contributed by atoms with E-state index >= 15 is 0 Å². The summed E-state index contributed by atoms with van der Waals surface area (Å²) in [6.45, 7) is 1.96. The molecule has 0 aliphatic carbocycles. The van der Waals surface area contributed by atoms with Gasteiger partial charge in [-0.15, -0.1) is 0 Å². The van der Waals surface area contributed by atoms with Crippen molar-refractivity contribution in [1.82, 2.24) is 0 Å². The molecule has 2 N–H and O–H groups in total. The van der Waals surface area contributed by atoms with E-state index in [1.807, 2.05) is 6.92 Å². The Morgan fingerprint density at radius 2 is 1.55 bits per heavy atom. The summed E-state index contributed by atoms with van der Waals surface area (Å²) in [6.07, 6.45) is 3.08. The van der Waals surface area contributed by atoms with Crippen LogP contribution in [0, 0.1) is 0 Å². The third-order valence-corrected chi connectivity index (χ3v) is 6.07. The molecule has 0 heterocycles. The van der Waals surface area contributed by atoms with E-state index in [4.69, 9.17) is 5.73 Å². The zero-order valence-corrected chi connectivity index (χ0v) is 13.4. The first-order valence-corrected chi connectivity index (χ1v) is 9.99. The van der Waals surface area contributed by atoms with Crippen LogP contribution in [0.1, 0.15) is 26.2 Å². The number of rotatable bonds is 7. The molecule has 1 aromatic rings. The first kappa shape index (κ1) is 17.1. The van der Waals surface area contributed by atoms with Gasteiger partial charge in [0.05, 0.1) is 15.5 Å². The van der Waals surface area contributed by atoms with E-state index in [1.54, 1.807) is 0 Å². The SMILES string of the molecule is CCC(N)CCCS(=O)(=O)c1ccc(S(C)(=O)=O)cc1. The Kier molecular flexibility index (Phi) is 5.73. The molecule has 114 valence electrons. The Morgan fingerprint density at radius 3 is 2.00 bits per heavy atom. The molecule has 0 spiro atoms. The maximum atomic E-state index is 12.1. The van der Waals surface area contributed by atoms with Crippen molar-refractivity contribution >= 4 is 19.7 Å². The lowest BCUT2D eigenvalue weighted by Gasteiger charge is -2.09. The predicted molar refractivity (Wildman–Crippen MR) is 79.1 cm³/mol. The van der Waals surface area contributed by atoms with Gasteiger partial charge in [-0.3, -0.25) is 0 Å². The van der Waals surface area contributed by atoms with Crippen molar-refractivity contribution in [3.05, 3.63) is 24.3 Å². The average Bonchev–Trinajstić information content (AvgIpc) is 2.37. The van der Waals surface area contributed by atoms with Crippen molar-refractivity contribution in [1.29, 1.82) is 0 Å². The van der Waals surface area contributed by atoms with Crippen molar-refractivity contribution in [2.24, 2.45) is 5.73 Å². The van der Waals surface area contributed by atoms with E-state index in [2.05, 4.69) is 0 Å². The van der Waals surface area contributed by atoms with Crippen LogP contribution in [0.5, 0.6) is 0 Å². The van der Waals surface area contributed by atoms with Gasteiger partial charge < -0.3 is 5.73 Å². The molecular formula is C13H21NO4S2. The standard InChI is InChI=1S/C13H21NO4S2/c1-3-11(14)5-4-10-20(17,18)13-8-6-12(7-9-13)19(2,15)16/h6-9,11H,3-5,10,14H2,1-2H3. The van der Waals surface area contributed by atoms with Crippen LogP contribution in [-0.4, -0.2) is 34.9 Å². The number of benzene rings is 1. The highest BCUT2D eigenvalue weighted by Gasteiger charge is 2.16. The van der Waals surface area contributed by atoms with Crippen LogP contribution in [0.3, 0.4) is 0 Å². The van der Waals surface area contributed by atoms with Crippen LogP contribution in [0.25, 0.3) is 0 Å². The monoisotopic (exact) mass is 319 g/mol. The molecule has 7 heteroatoms. The fourth-order valence-electron chi connectivity index (χ4n) is 1.75. The Hall–Kier alpha value is -0.920. The molecule has 5 nitrogen and oxygen atoms in total. The summed E-state index contributed by atoms with van der Waals surface area (Å²) >= 11 is 0. The van der Waals surface area contributed by atoms with Gasteiger partial charge in [0.2, 0.25) is 0 Å². The second kappa shape index (κ2) is 6.69. The number of sulfone groups is 2.